The molecule has 1 N–H and O–H groups in total. The summed E-state index contributed by atoms with van der Waals surface area (Å²) in [6, 6.07) is 6.63. The Bertz CT molecular complexity index is 417. The maximum absolute atomic E-state index is 11.8. The van der Waals surface area contributed by atoms with Crippen molar-refractivity contribution in [3.63, 3.8) is 0 Å². The number of halogens is 1. The first-order valence-electron chi connectivity index (χ1n) is 5.65. The van der Waals surface area contributed by atoms with E-state index in [1.165, 1.54) is 7.11 Å². The topological polar surface area (TPSA) is 55.4 Å². The Balaban J connectivity index is 2.68. The molecule has 18 heavy (non-hydrogen) atoms. The number of amides is 1. The number of alkyl halides is 1. The SMILES string of the molecule is CCC(Cl)C(=O)c1ccc(NC(=O)COC)cc1. The van der Waals surface area contributed by atoms with E-state index in [1.807, 2.05) is 6.92 Å². The summed E-state index contributed by atoms with van der Waals surface area (Å²) in [5, 5.41) is 2.14. The molecule has 5 heteroatoms. The molecule has 1 rings (SSSR count). The van der Waals surface area contributed by atoms with Gasteiger partial charge in [-0.1, -0.05) is 6.92 Å². The lowest BCUT2D eigenvalue weighted by Crippen LogP contribution is -2.17. The van der Waals surface area contributed by atoms with Crippen LogP contribution in [0.25, 0.3) is 0 Å². The van der Waals surface area contributed by atoms with E-state index in [2.05, 4.69) is 5.32 Å². The third kappa shape index (κ3) is 4.13. The molecule has 0 spiro atoms. The summed E-state index contributed by atoms with van der Waals surface area (Å²) in [5.74, 6) is -0.339. The first-order chi connectivity index (χ1) is 8.58. The second-order valence-corrected chi connectivity index (χ2v) is 4.33. The Morgan fingerprint density at radius 2 is 1.94 bits per heavy atom. The van der Waals surface area contributed by atoms with Gasteiger partial charge >= 0.3 is 0 Å². The van der Waals surface area contributed by atoms with Crippen LogP contribution in [0, 0.1) is 0 Å². The average molecular weight is 270 g/mol. The molecule has 1 amide bonds. The molecule has 0 heterocycles. The van der Waals surface area contributed by atoms with E-state index in [0.717, 1.165) is 0 Å². The fourth-order valence-corrected chi connectivity index (χ4v) is 1.54. The molecule has 0 aliphatic rings. The smallest absolute Gasteiger partial charge is 0.250 e. The predicted octanol–water partition coefficient (Wildman–Crippen LogP) is 2.47. The van der Waals surface area contributed by atoms with Crippen molar-refractivity contribution in [2.75, 3.05) is 19.0 Å². The zero-order valence-electron chi connectivity index (χ0n) is 10.4. The number of Topliss-reactive ketones (excluding diaryl/α,β-unsaturated/α-hetero) is 1. The van der Waals surface area contributed by atoms with E-state index >= 15 is 0 Å². The van der Waals surface area contributed by atoms with Crippen molar-refractivity contribution in [3.05, 3.63) is 29.8 Å². The number of hydrogen-bond acceptors (Lipinski definition) is 3. The Hall–Kier alpha value is -1.39. The Morgan fingerprint density at radius 1 is 1.33 bits per heavy atom. The van der Waals surface area contributed by atoms with Gasteiger partial charge in [-0.25, -0.2) is 0 Å². The lowest BCUT2D eigenvalue weighted by atomic mass is 10.1. The van der Waals surface area contributed by atoms with Crippen LogP contribution >= 0.6 is 11.6 Å². The largest absolute Gasteiger partial charge is 0.375 e. The first kappa shape index (κ1) is 14.7. The molecule has 1 aromatic rings. The monoisotopic (exact) mass is 269 g/mol. The lowest BCUT2D eigenvalue weighted by Gasteiger charge is -2.07. The fraction of sp³-hybridized carbons (Fsp3) is 0.385. The highest BCUT2D eigenvalue weighted by atomic mass is 35.5. The van der Waals surface area contributed by atoms with Crippen molar-refractivity contribution in [2.45, 2.75) is 18.7 Å². The molecule has 98 valence electrons. The lowest BCUT2D eigenvalue weighted by molar-refractivity contribution is -0.119. The van der Waals surface area contributed by atoms with Crippen LogP contribution in [-0.2, 0) is 9.53 Å². The van der Waals surface area contributed by atoms with Crippen molar-refractivity contribution in [1.82, 2.24) is 0 Å². The number of ketones is 1. The molecule has 0 fully saturated rings. The van der Waals surface area contributed by atoms with E-state index in [0.29, 0.717) is 17.7 Å². The molecule has 0 radical (unpaired) electrons. The van der Waals surface area contributed by atoms with Gasteiger partial charge in [0.15, 0.2) is 5.78 Å². The number of benzene rings is 1. The van der Waals surface area contributed by atoms with Crippen LogP contribution in [-0.4, -0.2) is 30.8 Å². The summed E-state index contributed by atoms with van der Waals surface area (Å²) in [7, 11) is 1.45. The van der Waals surface area contributed by atoms with Gasteiger partial charge < -0.3 is 10.1 Å². The highest BCUT2D eigenvalue weighted by Crippen LogP contribution is 2.14. The number of methoxy groups -OCH3 is 1. The van der Waals surface area contributed by atoms with Crippen LogP contribution in [0.3, 0.4) is 0 Å². The molecule has 0 saturated carbocycles. The molecule has 1 atom stereocenters. The standard InChI is InChI=1S/C13H16ClNO3/c1-3-11(14)13(17)9-4-6-10(7-5-9)15-12(16)8-18-2/h4-7,11H,3,8H2,1-2H3,(H,15,16). The van der Waals surface area contributed by atoms with E-state index in [9.17, 15) is 9.59 Å². The molecule has 0 aliphatic heterocycles. The number of anilines is 1. The van der Waals surface area contributed by atoms with Gasteiger partial charge in [0.05, 0.1) is 5.38 Å². The van der Waals surface area contributed by atoms with Crippen molar-refractivity contribution in [1.29, 1.82) is 0 Å². The zero-order valence-corrected chi connectivity index (χ0v) is 11.2. The normalized spacial score (nSPS) is 11.9. The van der Waals surface area contributed by atoms with Crippen LogP contribution in [0.15, 0.2) is 24.3 Å². The number of nitrogens with one attached hydrogen (secondary N) is 1. The Kier molecular flexibility index (Phi) is 5.82. The van der Waals surface area contributed by atoms with Gasteiger partial charge in [-0.05, 0) is 30.7 Å². The third-order valence-electron chi connectivity index (χ3n) is 2.37. The van der Waals surface area contributed by atoms with Gasteiger partial charge in [0.25, 0.3) is 0 Å². The third-order valence-corrected chi connectivity index (χ3v) is 2.88. The van der Waals surface area contributed by atoms with Crippen LogP contribution in [0.1, 0.15) is 23.7 Å². The fourth-order valence-electron chi connectivity index (χ4n) is 1.41. The highest BCUT2D eigenvalue weighted by Gasteiger charge is 2.15. The minimum Gasteiger partial charge on any atom is -0.375 e. The summed E-state index contributed by atoms with van der Waals surface area (Å²) in [5.41, 5.74) is 1.16. The second-order valence-electron chi connectivity index (χ2n) is 3.80. The Labute approximate surface area is 111 Å². The summed E-state index contributed by atoms with van der Waals surface area (Å²) < 4.78 is 4.70. The summed E-state index contributed by atoms with van der Waals surface area (Å²) in [4.78, 5) is 23.0. The van der Waals surface area contributed by atoms with Gasteiger partial charge in [0.1, 0.15) is 6.61 Å². The Morgan fingerprint density at radius 3 is 2.44 bits per heavy atom. The van der Waals surface area contributed by atoms with E-state index in [4.69, 9.17) is 16.3 Å². The highest BCUT2D eigenvalue weighted by molar-refractivity contribution is 6.33. The van der Waals surface area contributed by atoms with Crippen molar-refractivity contribution in [2.24, 2.45) is 0 Å². The molecule has 1 aromatic carbocycles. The minimum absolute atomic E-state index is 0.000269. The molecule has 0 bridgehead atoms. The van der Waals surface area contributed by atoms with Crippen molar-refractivity contribution in [3.8, 4) is 0 Å². The van der Waals surface area contributed by atoms with Crippen LogP contribution in [0.4, 0.5) is 5.69 Å². The molecule has 0 aromatic heterocycles. The predicted molar refractivity (Wildman–Crippen MR) is 71.2 cm³/mol. The maximum atomic E-state index is 11.8. The molecule has 0 saturated heterocycles. The number of hydrogen-bond donors (Lipinski definition) is 1. The van der Waals surface area contributed by atoms with Crippen molar-refractivity contribution >= 4 is 29.0 Å². The van der Waals surface area contributed by atoms with Crippen molar-refractivity contribution < 1.29 is 14.3 Å². The van der Waals surface area contributed by atoms with Crippen LogP contribution in [0.2, 0.25) is 0 Å². The van der Waals surface area contributed by atoms with Gasteiger partial charge in [-0.2, -0.15) is 0 Å². The summed E-state index contributed by atoms with van der Waals surface area (Å²) in [6.07, 6.45) is 0.590. The molecule has 0 aliphatic carbocycles. The van der Waals surface area contributed by atoms with Crippen LogP contribution in [0.5, 0.6) is 0 Å². The van der Waals surface area contributed by atoms with E-state index in [-0.39, 0.29) is 18.3 Å². The van der Waals surface area contributed by atoms with Crippen LogP contribution < -0.4 is 5.32 Å². The molecular weight excluding hydrogens is 254 g/mol. The van der Waals surface area contributed by atoms with E-state index in [1.54, 1.807) is 24.3 Å². The quantitative estimate of drug-likeness (QED) is 0.638. The maximum Gasteiger partial charge on any atom is 0.250 e. The minimum atomic E-state index is -0.501. The van der Waals surface area contributed by atoms with E-state index < -0.39 is 5.38 Å². The zero-order chi connectivity index (χ0) is 13.5. The number of carbonyl (C=O) groups is 2. The second kappa shape index (κ2) is 7.13. The van der Waals surface area contributed by atoms with Gasteiger partial charge in [0, 0.05) is 18.4 Å². The molecular formula is C13H16ClNO3. The first-order valence-corrected chi connectivity index (χ1v) is 6.09. The number of rotatable bonds is 6. The summed E-state index contributed by atoms with van der Waals surface area (Å²) >= 11 is 5.88. The number of ether oxygens (including phenoxy) is 1. The van der Waals surface area contributed by atoms with Gasteiger partial charge in [-0.3, -0.25) is 9.59 Å². The number of carbonyl (C=O) groups excluding carboxylic acids is 2. The van der Waals surface area contributed by atoms with Gasteiger partial charge in [0.2, 0.25) is 5.91 Å². The molecule has 4 nitrogen and oxygen atoms in total. The molecule has 1 unspecified atom stereocenters. The van der Waals surface area contributed by atoms with Gasteiger partial charge in [-0.15, -0.1) is 11.6 Å². The summed E-state index contributed by atoms with van der Waals surface area (Å²) in [6.45, 7) is 1.86. The average Bonchev–Trinajstić information content (AvgIpc) is 2.38.